The lowest BCUT2D eigenvalue weighted by Crippen LogP contribution is -2.55. The largest absolute Gasteiger partial charge is 0.497 e. The second-order valence-corrected chi connectivity index (χ2v) is 13.6. The summed E-state index contributed by atoms with van der Waals surface area (Å²) < 4.78 is 10.8. The van der Waals surface area contributed by atoms with Gasteiger partial charge in [0.05, 0.1) is 7.11 Å². The summed E-state index contributed by atoms with van der Waals surface area (Å²) in [5, 5.41) is 5.86. The predicted molar refractivity (Wildman–Crippen MR) is 177 cm³/mol. The Labute approximate surface area is 262 Å². The van der Waals surface area contributed by atoms with E-state index in [1.807, 2.05) is 45.2 Å². The van der Waals surface area contributed by atoms with Gasteiger partial charge in [0, 0.05) is 11.7 Å². The average Bonchev–Trinajstić information content (AvgIpc) is 2.90. The minimum Gasteiger partial charge on any atom is -0.497 e. The number of carbonyl (C=O) groups is 3. The minimum absolute atomic E-state index is 0.292. The molecule has 0 aliphatic carbocycles. The van der Waals surface area contributed by atoms with Crippen LogP contribution in [0.3, 0.4) is 0 Å². The lowest BCUT2D eigenvalue weighted by atomic mass is 9.95. The average molecular weight is 614 g/mol. The molecule has 2 rings (SSSR count). The van der Waals surface area contributed by atoms with Crippen molar-refractivity contribution in [3.8, 4) is 5.75 Å². The fraction of sp³-hybridized carbons (Fsp3) is 0.559. The molecule has 0 aromatic heterocycles. The number of thioether (sulfide) groups is 1. The molecule has 9 heteroatoms. The number of nitrogens with one attached hydrogen (secondary N) is 2. The zero-order valence-corrected chi connectivity index (χ0v) is 28.4. The summed E-state index contributed by atoms with van der Waals surface area (Å²) >= 11 is 1.59. The second kappa shape index (κ2) is 16.6. The summed E-state index contributed by atoms with van der Waals surface area (Å²) in [6.45, 7) is 15.6. The molecule has 0 heterocycles. The number of hydrogen-bond acceptors (Lipinski definition) is 6. The molecule has 43 heavy (non-hydrogen) atoms. The first-order chi connectivity index (χ1) is 20.1. The number of alkyl carbamates (subject to hydrolysis) is 1. The molecule has 2 N–H and O–H groups in total. The fourth-order valence-corrected chi connectivity index (χ4v) is 5.40. The number of hydrogen-bond donors (Lipinski definition) is 2. The van der Waals surface area contributed by atoms with E-state index in [-0.39, 0.29) is 17.9 Å². The summed E-state index contributed by atoms with van der Waals surface area (Å²) in [6.07, 6.45) is 3.26. The van der Waals surface area contributed by atoms with Gasteiger partial charge in [0.15, 0.2) is 0 Å². The van der Waals surface area contributed by atoms with E-state index in [0.717, 1.165) is 17.5 Å². The molecule has 3 amide bonds. The molecule has 3 atom stereocenters. The van der Waals surface area contributed by atoms with Gasteiger partial charge >= 0.3 is 6.09 Å². The van der Waals surface area contributed by atoms with Crippen molar-refractivity contribution in [3.05, 3.63) is 59.2 Å². The standard InChI is InChI=1S/C34H51N3O5S/c1-22(2)11-12-25(5)37(32(39)29(17-18-43-10)36-33(40)42-34(6,7)8)30(26-20-23(3)19-24(4)21-26)31(38)35-27-13-15-28(41-9)16-14-27/h13-16,19-22,25,29-30H,11-12,17-18H2,1-10H3,(H,35,38)(H,36,40). The highest BCUT2D eigenvalue weighted by Gasteiger charge is 2.39. The van der Waals surface area contributed by atoms with E-state index < -0.39 is 23.8 Å². The number of aryl methyl sites for hydroxylation is 2. The van der Waals surface area contributed by atoms with Crippen molar-refractivity contribution in [2.45, 2.75) is 98.4 Å². The summed E-state index contributed by atoms with van der Waals surface area (Å²) in [6, 6.07) is 11.0. The zero-order chi connectivity index (χ0) is 32.3. The molecule has 238 valence electrons. The van der Waals surface area contributed by atoms with Crippen LogP contribution in [0.5, 0.6) is 5.75 Å². The molecule has 8 nitrogen and oxygen atoms in total. The summed E-state index contributed by atoms with van der Waals surface area (Å²) in [4.78, 5) is 43.5. The van der Waals surface area contributed by atoms with E-state index in [0.29, 0.717) is 41.5 Å². The first-order valence-corrected chi connectivity index (χ1v) is 16.4. The van der Waals surface area contributed by atoms with E-state index in [1.54, 1.807) is 68.8 Å². The molecule has 0 saturated carbocycles. The summed E-state index contributed by atoms with van der Waals surface area (Å²) in [5.41, 5.74) is 2.57. The Bertz CT molecular complexity index is 1190. The lowest BCUT2D eigenvalue weighted by Gasteiger charge is -2.39. The van der Waals surface area contributed by atoms with Crippen LogP contribution in [-0.2, 0) is 14.3 Å². The number of methoxy groups -OCH3 is 1. The first kappa shape index (κ1) is 36.0. The molecular weight excluding hydrogens is 562 g/mol. The Morgan fingerprint density at radius 3 is 2.05 bits per heavy atom. The lowest BCUT2D eigenvalue weighted by molar-refractivity contribution is -0.143. The number of ether oxygens (including phenoxy) is 2. The van der Waals surface area contributed by atoms with Gasteiger partial charge in [-0.05, 0) is 109 Å². The van der Waals surface area contributed by atoms with Crippen molar-refractivity contribution in [1.29, 1.82) is 0 Å². The van der Waals surface area contributed by atoms with Gasteiger partial charge in [0.1, 0.15) is 23.4 Å². The SMILES string of the molecule is COc1ccc(NC(=O)C(c2cc(C)cc(C)c2)N(C(=O)C(CCSC)NC(=O)OC(C)(C)C)C(C)CCC(C)C)cc1. The van der Waals surface area contributed by atoms with Crippen molar-refractivity contribution in [1.82, 2.24) is 10.2 Å². The van der Waals surface area contributed by atoms with Gasteiger partial charge in [0.2, 0.25) is 5.91 Å². The van der Waals surface area contributed by atoms with Crippen LogP contribution < -0.4 is 15.4 Å². The molecule has 0 spiro atoms. The normalized spacial score (nSPS) is 13.6. The van der Waals surface area contributed by atoms with Gasteiger partial charge < -0.3 is 25.0 Å². The van der Waals surface area contributed by atoms with Crippen LogP contribution in [0.1, 0.15) is 83.5 Å². The molecule has 0 aliphatic heterocycles. The number of anilines is 1. The topological polar surface area (TPSA) is 97.0 Å². The first-order valence-electron chi connectivity index (χ1n) is 15.0. The third kappa shape index (κ3) is 11.8. The quantitative estimate of drug-likeness (QED) is 0.232. The van der Waals surface area contributed by atoms with Crippen LogP contribution in [0.4, 0.5) is 10.5 Å². The smallest absolute Gasteiger partial charge is 0.408 e. The maximum absolute atomic E-state index is 14.6. The highest BCUT2D eigenvalue weighted by Crippen LogP contribution is 2.31. The van der Waals surface area contributed by atoms with Gasteiger partial charge in [-0.3, -0.25) is 9.59 Å². The number of carbonyl (C=O) groups excluding carboxylic acids is 3. The van der Waals surface area contributed by atoms with Gasteiger partial charge in [0.25, 0.3) is 5.91 Å². The third-order valence-corrected chi connectivity index (χ3v) is 7.58. The molecule has 0 bridgehead atoms. The zero-order valence-electron chi connectivity index (χ0n) is 27.6. The summed E-state index contributed by atoms with van der Waals surface area (Å²) in [7, 11) is 1.59. The van der Waals surface area contributed by atoms with Gasteiger partial charge in [-0.1, -0.05) is 43.2 Å². The van der Waals surface area contributed by atoms with E-state index in [9.17, 15) is 14.4 Å². The molecule has 3 unspecified atom stereocenters. The summed E-state index contributed by atoms with van der Waals surface area (Å²) in [5.74, 6) is 1.09. The van der Waals surface area contributed by atoms with Gasteiger partial charge in [-0.15, -0.1) is 0 Å². The highest BCUT2D eigenvalue weighted by atomic mass is 32.2. The number of rotatable bonds is 14. The fourth-order valence-electron chi connectivity index (χ4n) is 4.93. The second-order valence-electron chi connectivity index (χ2n) is 12.6. The maximum Gasteiger partial charge on any atom is 0.408 e. The number of amides is 3. The number of nitrogens with zero attached hydrogens (tertiary/aromatic N) is 1. The van der Waals surface area contributed by atoms with Crippen molar-refractivity contribution in [2.24, 2.45) is 5.92 Å². The molecule has 0 fully saturated rings. The Balaban J connectivity index is 2.65. The monoisotopic (exact) mass is 613 g/mol. The van der Waals surface area contributed by atoms with Gasteiger partial charge in [-0.25, -0.2) is 4.79 Å². The Kier molecular flexibility index (Phi) is 13.9. The maximum atomic E-state index is 14.6. The van der Waals surface area contributed by atoms with Crippen molar-refractivity contribution in [2.75, 3.05) is 24.4 Å². The minimum atomic E-state index is -0.937. The highest BCUT2D eigenvalue weighted by molar-refractivity contribution is 7.98. The van der Waals surface area contributed by atoms with Crippen molar-refractivity contribution < 1.29 is 23.9 Å². The Hall–Kier alpha value is -3.20. The molecule has 0 aliphatic rings. The predicted octanol–water partition coefficient (Wildman–Crippen LogP) is 7.29. The van der Waals surface area contributed by atoms with Crippen LogP contribution in [0.15, 0.2) is 42.5 Å². The number of benzene rings is 2. The van der Waals surface area contributed by atoms with E-state index in [2.05, 4.69) is 24.5 Å². The van der Waals surface area contributed by atoms with Gasteiger partial charge in [-0.2, -0.15) is 11.8 Å². The Morgan fingerprint density at radius 1 is 0.930 bits per heavy atom. The molecular formula is C34H51N3O5S. The van der Waals surface area contributed by atoms with Crippen LogP contribution in [-0.4, -0.2) is 59.6 Å². The third-order valence-electron chi connectivity index (χ3n) is 6.93. The molecule has 0 radical (unpaired) electrons. The molecule has 2 aromatic rings. The van der Waals surface area contributed by atoms with E-state index in [1.165, 1.54) is 0 Å². The van der Waals surface area contributed by atoms with Crippen LogP contribution >= 0.6 is 11.8 Å². The van der Waals surface area contributed by atoms with Crippen molar-refractivity contribution >= 4 is 35.4 Å². The van der Waals surface area contributed by atoms with E-state index >= 15 is 0 Å². The molecule has 0 saturated heterocycles. The van der Waals surface area contributed by atoms with E-state index in [4.69, 9.17) is 9.47 Å². The van der Waals surface area contributed by atoms with Crippen LogP contribution in [0, 0.1) is 19.8 Å². The molecule has 2 aromatic carbocycles. The van der Waals surface area contributed by atoms with Crippen molar-refractivity contribution in [3.63, 3.8) is 0 Å². The van der Waals surface area contributed by atoms with Crippen LogP contribution in [0.2, 0.25) is 0 Å². The van der Waals surface area contributed by atoms with Crippen LogP contribution in [0.25, 0.3) is 0 Å². The Morgan fingerprint density at radius 2 is 1.53 bits per heavy atom.